The van der Waals surface area contributed by atoms with Crippen LogP contribution in [-0.4, -0.2) is 31.7 Å². The summed E-state index contributed by atoms with van der Waals surface area (Å²) in [5.41, 5.74) is 5.37. The second-order valence-corrected chi connectivity index (χ2v) is 4.85. The molecule has 0 fully saturated rings. The molecule has 1 aromatic rings. The van der Waals surface area contributed by atoms with E-state index in [1.807, 2.05) is 6.92 Å². The first kappa shape index (κ1) is 11.2. The van der Waals surface area contributed by atoms with Gasteiger partial charge < -0.3 is 5.73 Å². The van der Waals surface area contributed by atoms with Crippen LogP contribution in [0.25, 0.3) is 0 Å². The summed E-state index contributed by atoms with van der Waals surface area (Å²) in [6.45, 7) is 2.65. The van der Waals surface area contributed by atoms with Crippen molar-refractivity contribution >= 4 is 10.0 Å². The van der Waals surface area contributed by atoms with Gasteiger partial charge in [-0.2, -0.15) is 5.10 Å². The lowest BCUT2D eigenvalue weighted by atomic mass is 10.2. The Morgan fingerprint density at radius 1 is 1.71 bits per heavy atom. The van der Waals surface area contributed by atoms with Gasteiger partial charge in [0.2, 0.25) is 0 Å². The number of H-pyrrole nitrogens is 1. The predicted molar refractivity (Wildman–Crippen MR) is 52.0 cm³/mol. The first-order valence-electron chi connectivity index (χ1n) is 4.25. The standard InChI is InChI=1S/C7H14N4O2S/c1-6(4-8)5-10-14(12,13)7-2-3-9-11-7/h2-3,6,10H,4-5,8H2,1H3,(H,9,11). The molecule has 0 aliphatic heterocycles. The summed E-state index contributed by atoms with van der Waals surface area (Å²) < 4.78 is 25.4. The summed E-state index contributed by atoms with van der Waals surface area (Å²) in [6, 6.07) is 1.40. The molecule has 0 saturated heterocycles. The Morgan fingerprint density at radius 3 is 2.93 bits per heavy atom. The molecule has 0 aromatic carbocycles. The van der Waals surface area contributed by atoms with E-state index < -0.39 is 10.0 Å². The number of hydrogen-bond acceptors (Lipinski definition) is 4. The molecule has 0 bridgehead atoms. The van der Waals surface area contributed by atoms with Gasteiger partial charge in [0.25, 0.3) is 10.0 Å². The van der Waals surface area contributed by atoms with E-state index >= 15 is 0 Å². The maximum atomic E-state index is 11.5. The molecule has 1 aromatic heterocycles. The third kappa shape index (κ3) is 2.79. The zero-order valence-corrected chi connectivity index (χ0v) is 8.71. The minimum absolute atomic E-state index is 0.0710. The van der Waals surface area contributed by atoms with Crippen LogP contribution < -0.4 is 10.5 Å². The smallest absolute Gasteiger partial charge is 0.257 e. The highest BCUT2D eigenvalue weighted by Crippen LogP contribution is 2.02. The Labute approximate surface area is 82.9 Å². The first-order chi connectivity index (χ1) is 6.56. The summed E-state index contributed by atoms with van der Waals surface area (Å²) in [5, 5.41) is 6.03. The number of nitrogens with zero attached hydrogens (tertiary/aromatic N) is 1. The van der Waals surface area contributed by atoms with E-state index in [2.05, 4.69) is 14.9 Å². The summed E-state index contributed by atoms with van der Waals surface area (Å²) in [4.78, 5) is 0. The molecule has 1 atom stereocenters. The number of sulfonamides is 1. The van der Waals surface area contributed by atoms with Crippen molar-refractivity contribution < 1.29 is 8.42 Å². The van der Waals surface area contributed by atoms with E-state index in [9.17, 15) is 8.42 Å². The lowest BCUT2D eigenvalue weighted by Gasteiger charge is -2.09. The van der Waals surface area contributed by atoms with Crippen molar-refractivity contribution in [1.29, 1.82) is 0 Å². The minimum Gasteiger partial charge on any atom is -0.330 e. The quantitative estimate of drug-likeness (QED) is 0.607. The topological polar surface area (TPSA) is 101 Å². The van der Waals surface area contributed by atoms with Crippen LogP contribution in [0.2, 0.25) is 0 Å². The minimum atomic E-state index is -3.45. The van der Waals surface area contributed by atoms with Crippen molar-refractivity contribution in [3.05, 3.63) is 12.3 Å². The van der Waals surface area contributed by atoms with Crippen LogP contribution >= 0.6 is 0 Å². The van der Waals surface area contributed by atoms with E-state index in [1.54, 1.807) is 0 Å². The third-order valence-electron chi connectivity index (χ3n) is 1.79. The maximum absolute atomic E-state index is 11.5. The van der Waals surface area contributed by atoms with Gasteiger partial charge in [-0.3, -0.25) is 5.10 Å². The van der Waals surface area contributed by atoms with E-state index in [0.29, 0.717) is 13.1 Å². The highest BCUT2D eigenvalue weighted by Gasteiger charge is 2.15. The molecule has 0 saturated carbocycles. The predicted octanol–water partition coefficient (Wildman–Crippen LogP) is -0.717. The lowest BCUT2D eigenvalue weighted by molar-refractivity contribution is 0.542. The fourth-order valence-electron chi connectivity index (χ4n) is 0.806. The van der Waals surface area contributed by atoms with Crippen molar-refractivity contribution in [1.82, 2.24) is 14.9 Å². The lowest BCUT2D eigenvalue weighted by Crippen LogP contribution is -2.31. The molecule has 7 heteroatoms. The van der Waals surface area contributed by atoms with Gasteiger partial charge in [0.15, 0.2) is 5.03 Å². The number of hydrogen-bond donors (Lipinski definition) is 3. The molecule has 1 heterocycles. The number of rotatable bonds is 5. The van der Waals surface area contributed by atoms with Crippen molar-refractivity contribution in [3.63, 3.8) is 0 Å². The van der Waals surface area contributed by atoms with Crippen LogP contribution in [0.15, 0.2) is 17.3 Å². The third-order valence-corrected chi connectivity index (χ3v) is 3.14. The molecule has 0 spiro atoms. The average molecular weight is 218 g/mol. The molecule has 0 aliphatic carbocycles. The summed E-state index contributed by atoms with van der Waals surface area (Å²) >= 11 is 0. The Hall–Kier alpha value is -0.920. The maximum Gasteiger partial charge on any atom is 0.257 e. The molecule has 0 radical (unpaired) electrons. The largest absolute Gasteiger partial charge is 0.330 e. The molecule has 1 unspecified atom stereocenters. The fourth-order valence-corrected chi connectivity index (χ4v) is 1.88. The molecule has 1 rings (SSSR count). The SMILES string of the molecule is CC(CN)CNS(=O)(=O)c1ccn[nH]1. The molecular weight excluding hydrogens is 204 g/mol. The number of aromatic amines is 1. The van der Waals surface area contributed by atoms with Gasteiger partial charge in [-0.05, 0) is 18.5 Å². The Kier molecular flexibility index (Phi) is 3.62. The van der Waals surface area contributed by atoms with Gasteiger partial charge in [-0.15, -0.1) is 0 Å². The molecular formula is C7H14N4O2S. The zero-order chi connectivity index (χ0) is 10.6. The summed E-state index contributed by atoms with van der Waals surface area (Å²) in [6.07, 6.45) is 1.39. The Bertz CT molecular complexity index is 359. The van der Waals surface area contributed by atoms with Gasteiger partial charge in [-0.1, -0.05) is 6.92 Å². The van der Waals surface area contributed by atoms with Gasteiger partial charge >= 0.3 is 0 Å². The molecule has 14 heavy (non-hydrogen) atoms. The Morgan fingerprint density at radius 2 is 2.43 bits per heavy atom. The van der Waals surface area contributed by atoms with Crippen LogP contribution in [-0.2, 0) is 10.0 Å². The van der Waals surface area contributed by atoms with Gasteiger partial charge in [0.05, 0.1) is 6.20 Å². The number of nitrogens with one attached hydrogen (secondary N) is 2. The molecule has 80 valence electrons. The second kappa shape index (κ2) is 4.54. The van der Waals surface area contributed by atoms with Crippen molar-refractivity contribution in [3.8, 4) is 0 Å². The molecule has 6 nitrogen and oxygen atoms in total. The van der Waals surface area contributed by atoms with E-state index in [1.165, 1.54) is 12.3 Å². The summed E-state index contributed by atoms with van der Waals surface area (Å²) in [7, 11) is -3.45. The van der Waals surface area contributed by atoms with Crippen LogP contribution in [0.3, 0.4) is 0 Å². The van der Waals surface area contributed by atoms with Gasteiger partial charge in [-0.25, -0.2) is 13.1 Å². The van der Waals surface area contributed by atoms with Crippen LogP contribution in [0.1, 0.15) is 6.92 Å². The average Bonchev–Trinajstić information content (AvgIpc) is 2.67. The molecule has 0 aliphatic rings. The Balaban J connectivity index is 2.60. The van der Waals surface area contributed by atoms with Crippen molar-refractivity contribution in [2.45, 2.75) is 11.9 Å². The van der Waals surface area contributed by atoms with Crippen molar-refractivity contribution in [2.75, 3.05) is 13.1 Å². The summed E-state index contributed by atoms with van der Waals surface area (Å²) in [5.74, 6) is 0.118. The first-order valence-corrected chi connectivity index (χ1v) is 5.73. The van der Waals surface area contributed by atoms with Gasteiger partial charge in [0.1, 0.15) is 0 Å². The fraction of sp³-hybridized carbons (Fsp3) is 0.571. The van der Waals surface area contributed by atoms with Crippen LogP contribution in [0, 0.1) is 5.92 Å². The second-order valence-electron chi connectivity index (χ2n) is 3.11. The zero-order valence-electron chi connectivity index (χ0n) is 7.90. The number of aromatic nitrogens is 2. The van der Waals surface area contributed by atoms with Gasteiger partial charge in [0, 0.05) is 6.54 Å². The molecule has 4 N–H and O–H groups in total. The van der Waals surface area contributed by atoms with Crippen LogP contribution in [0.5, 0.6) is 0 Å². The van der Waals surface area contributed by atoms with E-state index in [0.717, 1.165) is 0 Å². The highest BCUT2D eigenvalue weighted by atomic mass is 32.2. The normalized spacial score (nSPS) is 14.1. The monoisotopic (exact) mass is 218 g/mol. The van der Waals surface area contributed by atoms with E-state index in [4.69, 9.17) is 5.73 Å². The van der Waals surface area contributed by atoms with E-state index in [-0.39, 0.29) is 10.9 Å². The number of nitrogens with two attached hydrogens (primary N) is 1. The van der Waals surface area contributed by atoms with Crippen LogP contribution in [0.4, 0.5) is 0 Å². The van der Waals surface area contributed by atoms with Crippen molar-refractivity contribution in [2.24, 2.45) is 11.7 Å². The molecule has 0 amide bonds. The highest BCUT2D eigenvalue weighted by molar-refractivity contribution is 7.89.